The topological polar surface area (TPSA) is 114 Å². The molecule has 1 aliphatic heterocycles. The van der Waals surface area contributed by atoms with Crippen LogP contribution in [0.15, 0.2) is 15.8 Å². The molecule has 3 atom stereocenters. The first-order valence-electron chi connectivity index (χ1n) is 5.95. The zero-order chi connectivity index (χ0) is 14.7. The fraction of sp³-hybridized carbons (Fsp3) is 0.500. The molecule has 2 rings (SSSR count). The molecule has 0 amide bonds. The summed E-state index contributed by atoms with van der Waals surface area (Å²) in [6, 6.07) is 0. The number of aliphatic hydroxyl groups excluding tert-OH is 2. The Hall–Kier alpha value is -2.08. The molecule has 0 aliphatic carbocycles. The van der Waals surface area contributed by atoms with E-state index in [0.29, 0.717) is 0 Å². The number of aliphatic hydroxyl groups is 2. The second-order valence-corrected chi connectivity index (χ2v) is 4.23. The average Bonchev–Trinajstić information content (AvgIpc) is 2.79. The minimum absolute atomic E-state index is 0.121. The molecule has 1 fully saturated rings. The molecular formula is C12H14N2O6. The second kappa shape index (κ2) is 5.92. The SMILES string of the molecule is CC#COc1cn([C@H]2C[C@H](O)[C@@H](CO)O2)c(=O)[nH]c1=O. The lowest BCUT2D eigenvalue weighted by Crippen LogP contribution is -2.32. The summed E-state index contributed by atoms with van der Waals surface area (Å²) in [5, 5.41) is 18.7. The van der Waals surface area contributed by atoms with Gasteiger partial charge in [-0.2, -0.15) is 0 Å². The largest absolute Gasteiger partial charge is 0.400 e. The van der Waals surface area contributed by atoms with E-state index in [1.165, 1.54) is 13.1 Å². The van der Waals surface area contributed by atoms with Crippen molar-refractivity contribution in [1.29, 1.82) is 0 Å². The van der Waals surface area contributed by atoms with Gasteiger partial charge >= 0.3 is 5.69 Å². The van der Waals surface area contributed by atoms with Gasteiger partial charge in [-0.3, -0.25) is 14.3 Å². The van der Waals surface area contributed by atoms with Gasteiger partial charge in [0.2, 0.25) is 5.75 Å². The van der Waals surface area contributed by atoms with E-state index in [-0.39, 0.29) is 18.8 Å². The van der Waals surface area contributed by atoms with Crippen LogP contribution in [0.25, 0.3) is 0 Å². The van der Waals surface area contributed by atoms with Gasteiger partial charge < -0.3 is 19.7 Å². The molecule has 3 N–H and O–H groups in total. The van der Waals surface area contributed by atoms with E-state index in [9.17, 15) is 14.7 Å². The highest BCUT2D eigenvalue weighted by Gasteiger charge is 2.35. The van der Waals surface area contributed by atoms with Gasteiger partial charge in [-0.15, -0.1) is 0 Å². The minimum Gasteiger partial charge on any atom is -0.400 e. The molecule has 108 valence electrons. The van der Waals surface area contributed by atoms with E-state index in [4.69, 9.17) is 14.6 Å². The van der Waals surface area contributed by atoms with Crippen molar-refractivity contribution in [2.75, 3.05) is 6.61 Å². The maximum Gasteiger partial charge on any atom is 0.330 e. The summed E-state index contributed by atoms with van der Waals surface area (Å²) in [6.45, 7) is 1.17. The summed E-state index contributed by atoms with van der Waals surface area (Å²) in [5.41, 5.74) is -1.39. The number of hydrogen-bond acceptors (Lipinski definition) is 6. The van der Waals surface area contributed by atoms with Crippen LogP contribution in [0, 0.1) is 12.0 Å². The molecule has 0 aromatic carbocycles. The summed E-state index contributed by atoms with van der Waals surface area (Å²) in [4.78, 5) is 25.3. The molecule has 2 heterocycles. The Labute approximate surface area is 113 Å². The first-order valence-corrected chi connectivity index (χ1v) is 5.95. The molecule has 1 saturated heterocycles. The van der Waals surface area contributed by atoms with E-state index in [1.807, 2.05) is 0 Å². The monoisotopic (exact) mass is 282 g/mol. The maximum atomic E-state index is 11.7. The number of nitrogens with one attached hydrogen (secondary N) is 1. The van der Waals surface area contributed by atoms with E-state index in [2.05, 4.69) is 17.0 Å². The average molecular weight is 282 g/mol. The van der Waals surface area contributed by atoms with Crippen LogP contribution in [-0.4, -0.2) is 38.6 Å². The van der Waals surface area contributed by atoms with Gasteiger partial charge in [0.15, 0.2) is 0 Å². The molecule has 8 nitrogen and oxygen atoms in total. The normalized spacial score (nSPS) is 25.1. The van der Waals surface area contributed by atoms with Crippen molar-refractivity contribution in [3.8, 4) is 17.8 Å². The highest BCUT2D eigenvalue weighted by Crippen LogP contribution is 2.27. The van der Waals surface area contributed by atoms with Crippen LogP contribution in [0.3, 0.4) is 0 Å². The van der Waals surface area contributed by atoms with E-state index in [0.717, 1.165) is 4.57 Å². The molecule has 0 unspecified atom stereocenters. The third kappa shape index (κ3) is 2.75. The molecule has 1 aromatic heterocycles. The smallest absolute Gasteiger partial charge is 0.330 e. The molecule has 0 spiro atoms. The number of rotatable bonds is 3. The zero-order valence-corrected chi connectivity index (χ0v) is 10.7. The van der Waals surface area contributed by atoms with Gasteiger partial charge in [0.1, 0.15) is 18.4 Å². The van der Waals surface area contributed by atoms with Crippen molar-refractivity contribution in [3.05, 3.63) is 27.0 Å². The van der Waals surface area contributed by atoms with Crippen LogP contribution in [0.2, 0.25) is 0 Å². The molecule has 0 saturated carbocycles. The third-order valence-electron chi connectivity index (χ3n) is 2.89. The third-order valence-corrected chi connectivity index (χ3v) is 2.89. The number of H-pyrrole nitrogens is 1. The minimum atomic E-state index is -0.886. The summed E-state index contributed by atoms with van der Waals surface area (Å²) < 4.78 is 11.3. The predicted molar refractivity (Wildman–Crippen MR) is 67.0 cm³/mol. The van der Waals surface area contributed by atoms with Gasteiger partial charge in [0.05, 0.1) is 18.9 Å². The van der Waals surface area contributed by atoms with Crippen molar-refractivity contribution >= 4 is 0 Å². The first kappa shape index (κ1) is 14.3. The Bertz CT molecular complexity index is 652. The summed E-state index contributed by atoms with van der Waals surface area (Å²) in [6.07, 6.45) is 1.11. The maximum absolute atomic E-state index is 11.7. The van der Waals surface area contributed by atoms with Gasteiger partial charge in [0, 0.05) is 13.3 Å². The molecule has 0 radical (unpaired) electrons. The Morgan fingerprint density at radius 2 is 2.35 bits per heavy atom. The van der Waals surface area contributed by atoms with E-state index in [1.54, 1.807) is 0 Å². The fourth-order valence-corrected chi connectivity index (χ4v) is 1.91. The summed E-state index contributed by atoms with van der Waals surface area (Å²) in [7, 11) is 0. The van der Waals surface area contributed by atoms with E-state index < -0.39 is 29.7 Å². The molecule has 20 heavy (non-hydrogen) atoms. The quantitative estimate of drug-likeness (QED) is 0.584. The van der Waals surface area contributed by atoms with Crippen molar-refractivity contribution in [1.82, 2.24) is 9.55 Å². The lowest BCUT2D eigenvalue weighted by atomic mass is 10.2. The Balaban J connectivity index is 2.34. The van der Waals surface area contributed by atoms with Crippen LogP contribution in [0.4, 0.5) is 0 Å². The number of hydrogen-bond donors (Lipinski definition) is 3. The van der Waals surface area contributed by atoms with Gasteiger partial charge in [0.25, 0.3) is 5.56 Å². The Morgan fingerprint density at radius 1 is 1.60 bits per heavy atom. The van der Waals surface area contributed by atoms with Crippen LogP contribution in [-0.2, 0) is 4.74 Å². The molecule has 0 bridgehead atoms. The zero-order valence-electron chi connectivity index (χ0n) is 10.7. The summed E-state index contributed by atoms with van der Waals surface area (Å²) in [5.74, 6) is 2.30. The standard InChI is InChI=1S/C12H14N2O6/c1-2-3-19-8-5-14(12(18)13-11(8)17)10-4-7(16)9(6-15)20-10/h5,7,9-10,15-16H,4,6H2,1H3,(H,13,17,18)/t7-,9+,10+/m0/s1. The number of nitrogens with zero attached hydrogens (tertiary/aromatic N) is 1. The lowest BCUT2D eigenvalue weighted by molar-refractivity contribution is -0.0460. The number of aromatic nitrogens is 2. The first-order chi connectivity index (χ1) is 9.56. The van der Waals surface area contributed by atoms with Gasteiger partial charge in [-0.05, 0) is 0 Å². The van der Waals surface area contributed by atoms with Crippen molar-refractivity contribution in [3.63, 3.8) is 0 Å². The Morgan fingerprint density at radius 3 is 2.95 bits per heavy atom. The van der Waals surface area contributed by atoms with Crippen molar-refractivity contribution in [2.24, 2.45) is 0 Å². The van der Waals surface area contributed by atoms with Gasteiger partial charge in [-0.25, -0.2) is 4.79 Å². The van der Waals surface area contributed by atoms with E-state index >= 15 is 0 Å². The van der Waals surface area contributed by atoms with Crippen molar-refractivity contribution in [2.45, 2.75) is 31.8 Å². The lowest BCUT2D eigenvalue weighted by Gasteiger charge is -2.14. The predicted octanol–water partition coefficient (Wildman–Crippen LogP) is -1.46. The highest BCUT2D eigenvalue weighted by molar-refractivity contribution is 5.15. The highest BCUT2D eigenvalue weighted by atomic mass is 16.5. The van der Waals surface area contributed by atoms with Crippen molar-refractivity contribution < 1.29 is 19.7 Å². The number of ether oxygens (including phenoxy) is 2. The van der Waals surface area contributed by atoms with Crippen LogP contribution in [0.5, 0.6) is 5.75 Å². The van der Waals surface area contributed by atoms with Crippen LogP contribution < -0.4 is 16.0 Å². The number of aromatic amines is 1. The summed E-state index contributed by atoms with van der Waals surface area (Å²) >= 11 is 0. The van der Waals surface area contributed by atoms with Crippen LogP contribution >= 0.6 is 0 Å². The molecule has 8 heteroatoms. The van der Waals surface area contributed by atoms with Crippen LogP contribution in [0.1, 0.15) is 19.6 Å². The molecule has 1 aromatic rings. The fourth-order valence-electron chi connectivity index (χ4n) is 1.91. The molecule has 1 aliphatic rings. The van der Waals surface area contributed by atoms with Gasteiger partial charge in [-0.1, -0.05) is 5.92 Å². The molecular weight excluding hydrogens is 268 g/mol. The second-order valence-electron chi connectivity index (χ2n) is 4.23. The Kier molecular flexibility index (Phi) is 4.24.